The Bertz CT molecular complexity index is 1160. The summed E-state index contributed by atoms with van der Waals surface area (Å²) in [4.78, 5) is 27.0. The number of amides is 2. The van der Waals surface area contributed by atoms with Gasteiger partial charge in [0, 0.05) is 31.3 Å². The van der Waals surface area contributed by atoms with E-state index in [0.29, 0.717) is 33.6 Å². The van der Waals surface area contributed by atoms with E-state index in [1.807, 2.05) is 19.9 Å². The van der Waals surface area contributed by atoms with Crippen LogP contribution in [0.5, 0.6) is 0 Å². The van der Waals surface area contributed by atoms with Crippen LogP contribution in [0, 0.1) is 10.8 Å². The van der Waals surface area contributed by atoms with Gasteiger partial charge in [0.25, 0.3) is 11.8 Å². The second-order valence-corrected chi connectivity index (χ2v) is 7.78. The first-order valence-corrected chi connectivity index (χ1v) is 11.4. The van der Waals surface area contributed by atoms with Gasteiger partial charge in [-0.15, -0.1) is 0 Å². The molecular formula is C26H30F3N5O2. The second-order valence-electron chi connectivity index (χ2n) is 7.78. The van der Waals surface area contributed by atoms with Crippen molar-refractivity contribution in [2.24, 2.45) is 0 Å². The Morgan fingerprint density at radius 2 is 1.69 bits per heavy atom. The Morgan fingerprint density at radius 3 is 2.28 bits per heavy atom. The molecule has 2 aromatic rings. The van der Waals surface area contributed by atoms with E-state index in [2.05, 4.69) is 11.9 Å². The molecule has 10 heteroatoms. The number of piperazine rings is 1. The van der Waals surface area contributed by atoms with E-state index in [4.69, 9.17) is 10.8 Å². The largest absolute Gasteiger partial charge is 0.449 e. The first kappa shape index (κ1) is 28.3. The van der Waals surface area contributed by atoms with Gasteiger partial charge < -0.3 is 15.1 Å². The molecule has 0 aromatic heterocycles. The summed E-state index contributed by atoms with van der Waals surface area (Å²) in [5, 5.41) is 17.7. The molecule has 36 heavy (non-hydrogen) atoms. The fourth-order valence-corrected chi connectivity index (χ4v) is 3.74. The third-order valence-electron chi connectivity index (χ3n) is 5.46. The molecule has 3 rings (SSSR count). The molecule has 0 saturated carbocycles. The Morgan fingerprint density at radius 1 is 1.06 bits per heavy atom. The molecule has 192 valence electrons. The van der Waals surface area contributed by atoms with Gasteiger partial charge in [-0.2, -0.15) is 13.2 Å². The molecule has 0 spiro atoms. The third-order valence-corrected chi connectivity index (χ3v) is 5.46. The van der Waals surface area contributed by atoms with Crippen molar-refractivity contribution in [1.29, 1.82) is 10.8 Å². The second kappa shape index (κ2) is 12.1. The predicted molar refractivity (Wildman–Crippen MR) is 134 cm³/mol. The maximum atomic E-state index is 13.0. The summed E-state index contributed by atoms with van der Waals surface area (Å²) in [7, 11) is 1.54. The van der Waals surface area contributed by atoms with Gasteiger partial charge in [-0.05, 0) is 41.3 Å². The highest BCUT2D eigenvalue weighted by molar-refractivity contribution is 6.04. The van der Waals surface area contributed by atoms with Gasteiger partial charge in [0.15, 0.2) is 0 Å². The van der Waals surface area contributed by atoms with Crippen molar-refractivity contribution in [3.63, 3.8) is 0 Å². The van der Waals surface area contributed by atoms with E-state index in [-0.39, 0.29) is 25.5 Å². The summed E-state index contributed by atoms with van der Waals surface area (Å²) in [6.07, 6.45) is -4.48. The first-order valence-electron chi connectivity index (χ1n) is 11.4. The number of nitrogens with zero attached hydrogens (tertiary/aromatic N) is 2. The third kappa shape index (κ3) is 6.59. The molecule has 7 nitrogen and oxygen atoms in total. The van der Waals surface area contributed by atoms with Gasteiger partial charge in [-0.1, -0.05) is 50.8 Å². The zero-order valence-electron chi connectivity index (χ0n) is 20.5. The number of allylic oxidation sites excluding steroid dienone is 1. The van der Waals surface area contributed by atoms with Crippen LogP contribution >= 0.6 is 0 Å². The summed E-state index contributed by atoms with van der Waals surface area (Å²) in [5.41, 5.74) is 2.97. The van der Waals surface area contributed by atoms with Crippen molar-refractivity contribution >= 4 is 29.1 Å². The first-order chi connectivity index (χ1) is 17.0. The Kier molecular flexibility index (Phi) is 9.54. The standard InChI is InChI=1S/C24H24F3N5O2.C2H6/c1-15(18-8-3-4-9-19(18)21(33)30-2)12-16-6-5-7-17(13-16)22(34)31-10-11-32(20(28)14-31)23(29)24(25,26)27;1-2/h3-9,13,28-29H,1,10-12,14H2,2H3,(H,30,33);1-2H3. The summed E-state index contributed by atoms with van der Waals surface area (Å²) in [6.45, 7) is 7.44. The molecule has 0 bridgehead atoms. The molecule has 1 aliphatic rings. The fraction of sp³-hybridized carbons (Fsp3) is 0.308. The SMILES string of the molecule is C=C(Cc1cccc(C(=O)N2CCN(C(=N)C(F)(F)F)C(=N)C2)c1)c1ccccc1C(=O)NC.CC. The average Bonchev–Trinajstić information content (AvgIpc) is 2.88. The van der Waals surface area contributed by atoms with Crippen LogP contribution < -0.4 is 5.32 Å². The molecule has 0 aliphatic carbocycles. The van der Waals surface area contributed by atoms with Crippen molar-refractivity contribution < 1.29 is 22.8 Å². The number of hydrogen-bond donors (Lipinski definition) is 3. The highest BCUT2D eigenvalue weighted by atomic mass is 19.4. The van der Waals surface area contributed by atoms with Crippen LogP contribution in [0.2, 0.25) is 0 Å². The van der Waals surface area contributed by atoms with Crippen LogP contribution in [0.3, 0.4) is 0 Å². The molecule has 3 N–H and O–H groups in total. The Balaban J connectivity index is 0.00000222. The van der Waals surface area contributed by atoms with Gasteiger partial charge in [-0.25, -0.2) is 0 Å². The van der Waals surface area contributed by atoms with Crippen molar-refractivity contribution in [2.75, 3.05) is 26.7 Å². The van der Waals surface area contributed by atoms with Gasteiger partial charge in [0.1, 0.15) is 5.84 Å². The van der Waals surface area contributed by atoms with Crippen LogP contribution in [-0.2, 0) is 6.42 Å². The van der Waals surface area contributed by atoms with E-state index in [9.17, 15) is 22.8 Å². The highest BCUT2D eigenvalue weighted by Gasteiger charge is 2.41. The van der Waals surface area contributed by atoms with Gasteiger partial charge in [0.05, 0.1) is 6.54 Å². The number of halogens is 3. The van der Waals surface area contributed by atoms with Crippen LogP contribution in [0.4, 0.5) is 13.2 Å². The maximum absolute atomic E-state index is 13.0. The summed E-state index contributed by atoms with van der Waals surface area (Å²) < 4.78 is 38.4. The number of amidine groups is 2. The van der Waals surface area contributed by atoms with Crippen molar-refractivity contribution in [3.8, 4) is 0 Å². The number of alkyl halides is 3. The number of rotatable bonds is 5. The minimum absolute atomic E-state index is 0.0455. The lowest BCUT2D eigenvalue weighted by atomic mass is 9.94. The molecule has 0 radical (unpaired) electrons. The lowest BCUT2D eigenvalue weighted by molar-refractivity contribution is -0.0675. The smallest absolute Gasteiger partial charge is 0.355 e. The van der Waals surface area contributed by atoms with Crippen LogP contribution in [0.25, 0.3) is 5.57 Å². The van der Waals surface area contributed by atoms with E-state index in [1.165, 1.54) is 4.90 Å². The molecule has 1 heterocycles. The quantitative estimate of drug-likeness (QED) is 0.412. The number of carbonyl (C=O) groups excluding carboxylic acids is 2. The maximum Gasteiger partial charge on any atom is 0.449 e. The van der Waals surface area contributed by atoms with Crippen LogP contribution in [0.15, 0.2) is 55.1 Å². The fourth-order valence-electron chi connectivity index (χ4n) is 3.74. The zero-order valence-corrected chi connectivity index (χ0v) is 20.5. The van der Waals surface area contributed by atoms with Gasteiger partial charge >= 0.3 is 6.18 Å². The summed E-state index contributed by atoms with van der Waals surface area (Å²) in [5.74, 6) is -2.72. The van der Waals surface area contributed by atoms with Crippen LogP contribution in [-0.4, -0.2) is 66.1 Å². The number of nitrogens with one attached hydrogen (secondary N) is 3. The van der Waals surface area contributed by atoms with Gasteiger partial charge in [-0.3, -0.25) is 20.4 Å². The number of hydrogen-bond acceptors (Lipinski definition) is 4. The molecule has 2 aromatic carbocycles. The van der Waals surface area contributed by atoms with E-state index in [1.54, 1.807) is 49.5 Å². The molecule has 1 aliphatic heterocycles. The normalized spacial score (nSPS) is 13.4. The Hall–Kier alpha value is -3.95. The predicted octanol–water partition coefficient (Wildman–Crippen LogP) is 4.60. The molecule has 1 saturated heterocycles. The lowest BCUT2D eigenvalue weighted by Gasteiger charge is -2.36. The highest BCUT2D eigenvalue weighted by Crippen LogP contribution is 2.24. The minimum Gasteiger partial charge on any atom is -0.355 e. The van der Waals surface area contributed by atoms with Crippen molar-refractivity contribution in [1.82, 2.24) is 15.1 Å². The molecular weight excluding hydrogens is 471 g/mol. The molecule has 1 fully saturated rings. The summed E-state index contributed by atoms with van der Waals surface area (Å²) >= 11 is 0. The lowest BCUT2D eigenvalue weighted by Crippen LogP contribution is -2.56. The average molecular weight is 502 g/mol. The Labute approximate surface area is 208 Å². The molecule has 0 atom stereocenters. The van der Waals surface area contributed by atoms with Crippen molar-refractivity contribution in [2.45, 2.75) is 26.4 Å². The zero-order chi connectivity index (χ0) is 27.0. The summed E-state index contributed by atoms with van der Waals surface area (Å²) in [6, 6.07) is 13.8. The van der Waals surface area contributed by atoms with E-state index in [0.717, 1.165) is 5.56 Å². The number of carbonyl (C=O) groups is 2. The van der Waals surface area contributed by atoms with Crippen molar-refractivity contribution in [3.05, 3.63) is 77.4 Å². The van der Waals surface area contributed by atoms with Gasteiger partial charge in [0.2, 0.25) is 5.84 Å². The van der Waals surface area contributed by atoms with Crippen LogP contribution in [0.1, 0.15) is 45.7 Å². The van der Waals surface area contributed by atoms with E-state index < -0.39 is 23.8 Å². The van der Waals surface area contributed by atoms with E-state index >= 15 is 0 Å². The minimum atomic E-state index is -4.86. The monoisotopic (exact) mass is 501 g/mol. The molecule has 2 amide bonds. The molecule has 0 unspecified atom stereocenters. The topological polar surface area (TPSA) is 100 Å². The number of benzene rings is 2.